The summed E-state index contributed by atoms with van der Waals surface area (Å²) in [5.41, 5.74) is 1.14. The molecule has 4 rings (SSSR count). The Balaban J connectivity index is 1.78. The second kappa shape index (κ2) is 5.11. The second-order valence-electron chi connectivity index (χ2n) is 8.63. The van der Waals surface area contributed by atoms with Crippen LogP contribution in [-0.2, 0) is 0 Å². The minimum atomic E-state index is -2.01. The third kappa shape index (κ3) is 2.02. The first-order valence-corrected chi connectivity index (χ1v) is 9.20. The van der Waals surface area contributed by atoms with Crippen LogP contribution in [0.2, 0.25) is 0 Å². The van der Waals surface area contributed by atoms with E-state index in [0.29, 0.717) is 19.3 Å². The topological polar surface area (TPSA) is 40.5 Å². The Morgan fingerprint density at radius 1 is 1.26 bits per heavy atom. The predicted octanol–water partition coefficient (Wildman–Crippen LogP) is 3.67. The maximum Gasteiger partial charge on any atom is 0.130 e. The normalized spacial score (nSPS) is 54.9. The van der Waals surface area contributed by atoms with E-state index in [1.54, 1.807) is 0 Å². The van der Waals surface area contributed by atoms with Gasteiger partial charge in [-0.25, -0.2) is 0 Å². The fraction of sp³-hybridized carbons (Fsp3) is 0.810. The van der Waals surface area contributed by atoms with Gasteiger partial charge >= 0.3 is 0 Å². The molecule has 0 aliphatic heterocycles. The zero-order valence-corrected chi connectivity index (χ0v) is 14.0. The molecule has 0 radical (unpaired) electrons. The molecule has 2 N–H and O–H groups in total. The van der Waals surface area contributed by atoms with E-state index in [0.717, 1.165) is 32.1 Å². The van der Waals surface area contributed by atoms with Crippen LogP contribution >= 0.6 is 0 Å². The smallest absolute Gasteiger partial charge is 0.130 e. The van der Waals surface area contributed by atoms with E-state index in [1.165, 1.54) is 11.1 Å². The zero-order chi connectivity index (χ0) is 18.9. The van der Waals surface area contributed by atoms with Crippen molar-refractivity contribution >= 4 is 0 Å². The Bertz CT molecular complexity index is 676. The van der Waals surface area contributed by atoms with Crippen molar-refractivity contribution in [2.75, 3.05) is 0 Å². The summed E-state index contributed by atoms with van der Waals surface area (Å²) in [6.07, 6.45) is 11.4. The van der Waals surface area contributed by atoms with E-state index in [-0.39, 0.29) is 29.8 Å². The third-order valence-corrected chi connectivity index (χ3v) is 7.78. The van der Waals surface area contributed by atoms with Gasteiger partial charge in [0.05, 0.1) is 6.10 Å². The highest BCUT2D eigenvalue weighted by Crippen LogP contribution is 2.65. The van der Waals surface area contributed by atoms with E-state index in [2.05, 4.69) is 12.8 Å². The molecular formula is C21H30O2. The van der Waals surface area contributed by atoms with Crippen LogP contribution in [0.25, 0.3) is 0 Å². The Labute approximate surface area is 144 Å². The van der Waals surface area contributed by atoms with Crippen molar-refractivity contribution < 1.29 is 14.3 Å². The summed E-state index contributed by atoms with van der Waals surface area (Å²) in [5, 5.41) is 21.2. The summed E-state index contributed by atoms with van der Waals surface area (Å²) in [6.45, 7) is 0.0742. The zero-order valence-electron chi connectivity index (χ0n) is 17.0. The Morgan fingerprint density at radius 2 is 2.09 bits per heavy atom. The van der Waals surface area contributed by atoms with Gasteiger partial charge in [0.25, 0.3) is 0 Å². The number of hydrogen-bond donors (Lipinski definition) is 2. The van der Waals surface area contributed by atoms with Crippen LogP contribution in [0.1, 0.15) is 69.3 Å². The van der Waals surface area contributed by atoms with Crippen molar-refractivity contribution in [3.05, 3.63) is 11.1 Å². The molecule has 0 saturated heterocycles. The lowest BCUT2D eigenvalue weighted by Crippen LogP contribution is -2.52. The maximum absolute atomic E-state index is 11.1. The molecule has 126 valence electrons. The van der Waals surface area contributed by atoms with E-state index in [1.807, 2.05) is 0 Å². The van der Waals surface area contributed by atoms with E-state index in [4.69, 9.17) is 10.5 Å². The van der Waals surface area contributed by atoms with Gasteiger partial charge in [-0.3, -0.25) is 0 Å². The summed E-state index contributed by atoms with van der Waals surface area (Å²) in [4.78, 5) is 0. The average molecular weight is 318 g/mol. The third-order valence-electron chi connectivity index (χ3n) is 7.78. The van der Waals surface area contributed by atoms with Gasteiger partial charge in [-0.2, -0.15) is 0 Å². The maximum atomic E-state index is 11.1. The SMILES string of the molecule is [2H][13C]([2H])([2H])[C@H]1CC2=C(CC[C@H](O)C2)[C@H]2CC[C@@]3(C)[C@@H](CC[C@@]3(O)C#C)[C@@H]21. The number of rotatable bonds is 0. The number of terminal acetylenes is 1. The minimum Gasteiger partial charge on any atom is -0.393 e. The summed E-state index contributed by atoms with van der Waals surface area (Å²) in [7, 11) is 0. The lowest BCUT2D eigenvalue weighted by molar-refractivity contribution is -0.0813. The first-order chi connectivity index (χ1) is 12.1. The van der Waals surface area contributed by atoms with Crippen molar-refractivity contribution in [2.24, 2.45) is 29.1 Å². The van der Waals surface area contributed by atoms with Gasteiger partial charge < -0.3 is 10.2 Å². The van der Waals surface area contributed by atoms with Gasteiger partial charge in [0, 0.05) is 9.53 Å². The van der Waals surface area contributed by atoms with Gasteiger partial charge in [0.1, 0.15) is 5.60 Å². The minimum absolute atomic E-state index is 0.0672. The second-order valence-corrected chi connectivity index (χ2v) is 8.63. The van der Waals surface area contributed by atoms with Crippen LogP contribution in [0, 0.1) is 41.4 Å². The molecule has 7 atom stereocenters. The molecule has 0 unspecified atom stereocenters. The van der Waals surface area contributed by atoms with Gasteiger partial charge in [-0.05, 0) is 75.0 Å². The van der Waals surface area contributed by atoms with Gasteiger partial charge in [0.15, 0.2) is 0 Å². The van der Waals surface area contributed by atoms with Crippen LogP contribution in [0.4, 0.5) is 0 Å². The molecule has 2 fully saturated rings. The molecule has 2 nitrogen and oxygen atoms in total. The summed E-state index contributed by atoms with van der Waals surface area (Å²) < 4.78 is 24.6. The van der Waals surface area contributed by atoms with Crippen molar-refractivity contribution in [1.82, 2.24) is 0 Å². The highest BCUT2D eigenvalue weighted by molar-refractivity contribution is 5.30. The molecule has 0 spiro atoms. The number of aliphatic hydroxyl groups is 2. The molecule has 23 heavy (non-hydrogen) atoms. The quantitative estimate of drug-likeness (QED) is 0.406. The molecule has 0 aromatic carbocycles. The Hall–Kier alpha value is -0.780. The largest absolute Gasteiger partial charge is 0.393 e. The molecule has 0 heterocycles. The molecule has 4 aliphatic carbocycles. The lowest BCUT2D eigenvalue weighted by Gasteiger charge is -2.55. The van der Waals surface area contributed by atoms with Crippen LogP contribution in [0.15, 0.2) is 11.1 Å². The summed E-state index contributed by atoms with van der Waals surface area (Å²) in [6, 6.07) is 0. The highest BCUT2D eigenvalue weighted by Gasteiger charge is 2.62. The van der Waals surface area contributed by atoms with Crippen LogP contribution in [0.3, 0.4) is 0 Å². The first kappa shape index (κ1) is 12.6. The van der Waals surface area contributed by atoms with Crippen LogP contribution in [0.5, 0.6) is 0 Å². The van der Waals surface area contributed by atoms with E-state index in [9.17, 15) is 10.2 Å². The van der Waals surface area contributed by atoms with Crippen molar-refractivity contribution in [3.8, 4) is 12.3 Å². The molecule has 2 saturated carbocycles. The number of aliphatic hydroxyl groups excluding tert-OH is 1. The predicted molar refractivity (Wildman–Crippen MR) is 91.5 cm³/mol. The molecule has 0 aromatic heterocycles. The first-order valence-electron chi connectivity index (χ1n) is 10.7. The molecule has 4 aliphatic rings. The molecular weight excluding hydrogens is 285 g/mol. The molecule has 0 aromatic rings. The summed E-state index contributed by atoms with van der Waals surface area (Å²) in [5.74, 6) is 2.79. The molecule has 2 heteroatoms. The fourth-order valence-electron chi connectivity index (χ4n) is 6.50. The highest BCUT2D eigenvalue weighted by atomic mass is 16.3. The van der Waals surface area contributed by atoms with Crippen molar-refractivity contribution in [3.63, 3.8) is 0 Å². The Morgan fingerprint density at radius 3 is 2.83 bits per heavy atom. The van der Waals surface area contributed by atoms with E-state index < -0.39 is 17.9 Å². The number of fused-ring (bicyclic) bond motifs is 4. The molecule has 0 amide bonds. The fourth-order valence-corrected chi connectivity index (χ4v) is 6.50. The number of allylic oxidation sites excluding steroid dienone is 1. The lowest BCUT2D eigenvalue weighted by atomic mass is 9.51. The standard InChI is InChI=1S/C21H30O2/c1-4-21(23)10-8-18-19-13(2)11-14-12-15(22)5-6-16(14)17(19)7-9-20(18,21)3/h1,13,15,17-19,22-23H,5-12H2,2-3H3/t13-,15-,17+,18-,19+,20-,21-/m0/s1/i2+1D3. The average Bonchev–Trinajstić information content (AvgIpc) is 2.85. The van der Waals surface area contributed by atoms with Crippen LogP contribution < -0.4 is 0 Å². The van der Waals surface area contributed by atoms with Gasteiger partial charge in [-0.1, -0.05) is 30.8 Å². The van der Waals surface area contributed by atoms with Crippen LogP contribution in [-0.4, -0.2) is 21.9 Å². The van der Waals surface area contributed by atoms with Gasteiger partial charge in [0.2, 0.25) is 0 Å². The summed E-state index contributed by atoms with van der Waals surface area (Å²) >= 11 is 0. The van der Waals surface area contributed by atoms with Gasteiger partial charge in [-0.15, -0.1) is 6.42 Å². The Kier molecular flexibility index (Phi) is 2.79. The monoisotopic (exact) mass is 318 g/mol. The molecule has 0 bridgehead atoms. The van der Waals surface area contributed by atoms with Crippen molar-refractivity contribution in [2.45, 2.75) is 76.8 Å². The van der Waals surface area contributed by atoms with E-state index >= 15 is 0 Å². The van der Waals surface area contributed by atoms with Crippen molar-refractivity contribution in [1.29, 1.82) is 0 Å². The number of hydrogen-bond acceptors (Lipinski definition) is 2.